The molecule has 0 saturated carbocycles. The van der Waals surface area contributed by atoms with Gasteiger partial charge in [-0.3, -0.25) is 19.4 Å². The normalized spacial score (nSPS) is 22.0. The van der Waals surface area contributed by atoms with Crippen LogP contribution in [-0.4, -0.2) is 53.8 Å². The second-order valence-corrected chi connectivity index (χ2v) is 8.56. The van der Waals surface area contributed by atoms with Crippen LogP contribution in [0.5, 0.6) is 0 Å². The smallest absolute Gasteiger partial charge is 0.251 e. The zero-order valence-corrected chi connectivity index (χ0v) is 16.2. The number of hydrogen-bond acceptors (Lipinski definition) is 5. The highest BCUT2D eigenvalue weighted by molar-refractivity contribution is 7.16. The van der Waals surface area contributed by atoms with Crippen LogP contribution in [0.2, 0.25) is 4.34 Å². The van der Waals surface area contributed by atoms with Gasteiger partial charge in [0, 0.05) is 37.6 Å². The van der Waals surface area contributed by atoms with Crippen molar-refractivity contribution in [2.75, 3.05) is 31.1 Å². The Labute approximate surface area is 165 Å². The molecule has 2 amide bonds. The number of nitrogens with zero attached hydrogens (tertiary/aromatic N) is 3. The summed E-state index contributed by atoms with van der Waals surface area (Å²) in [7, 11) is 0. The first-order valence-electron chi connectivity index (χ1n) is 8.85. The van der Waals surface area contributed by atoms with Gasteiger partial charge >= 0.3 is 0 Å². The fourth-order valence-electron chi connectivity index (χ4n) is 3.68. The molecule has 5 nitrogen and oxygen atoms in total. The Balaban J connectivity index is 1.39. The van der Waals surface area contributed by atoms with Crippen LogP contribution in [0.1, 0.15) is 11.3 Å². The summed E-state index contributed by atoms with van der Waals surface area (Å²) < 4.78 is 14.8. The van der Waals surface area contributed by atoms with Gasteiger partial charge in [0.05, 0.1) is 22.5 Å². The predicted molar refractivity (Wildman–Crippen MR) is 103 cm³/mol. The fraction of sp³-hybridized carbons (Fsp3) is 0.368. The number of halogens is 2. The average molecular weight is 408 g/mol. The molecule has 4 rings (SSSR count). The molecule has 2 fully saturated rings. The first kappa shape index (κ1) is 18.6. The van der Waals surface area contributed by atoms with E-state index in [9.17, 15) is 14.0 Å². The number of piperazine rings is 1. The lowest BCUT2D eigenvalue weighted by atomic mass is 10.1. The quantitative estimate of drug-likeness (QED) is 0.731. The highest BCUT2D eigenvalue weighted by Gasteiger charge is 2.44. The minimum absolute atomic E-state index is 0.0446. The average Bonchev–Trinajstić information content (AvgIpc) is 3.19. The Bertz CT molecular complexity index is 866. The molecule has 27 heavy (non-hydrogen) atoms. The number of para-hydroxylation sites is 1. The van der Waals surface area contributed by atoms with E-state index in [1.54, 1.807) is 23.5 Å². The van der Waals surface area contributed by atoms with Crippen LogP contribution < -0.4 is 4.90 Å². The zero-order chi connectivity index (χ0) is 19.0. The largest absolute Gasteiger partial charge is 0.296 e. The lowest BCUT2D eigenvalue weighted by Crippen LogP contribution is -2.52. The third-order valence-electron chi connectivity index (χ3n) is 5.07. The molecule has 1 atom stereocenters. The molecule has 3 heterocycles. The number of amides is 2. The number of imide groups is 1. The minimum Gasteiger partial charge on any atom is -0.296 e. The monoisotopic (exact) mass is 407 g/mol. The van der Waals surface area contributed by atoms with Crippen LogP contribution >= 0.6 is 22.9 Å². The minimum atomic E-state index is -0.556. The molecule has 0 aliphatic carbocycles. The topological polar surface area (TPSA) is 43.9 Å². The number of hydrogen-bond donors (Lipinski definition) is 0. The fourth-order valence-corrected chi connectivity index (χ4v) is 4.81. The van der Waals surface area contributed by atoms with E-state index < -0.39 is 11.9 Å². The SMILES string of the molecule is O=C1CC(N2CCN(Cc3ccc(Cl)s3)CC2)C(=O)N1c1ccccc1F. The second kappa shape index (κ2) is 7.67. The Morgan fingerprint density at radius 2 is 1.81 bits per heavy atom. The molecule has 2 aliphatic heterocycles. The molecule has 2 saturated heterocycles. The maximum absolute atomic E-state index is 14.0. The van der Waals surface area contributed by atoms with Gasteiger partial charge < -0.3 is 0 Å². The Hall–Kier alpha value is -1.80. The molecular formula is C19H19ClFN3O2S. The molecule has 0 N–H and O–H groups in total. The Morgan fingerprint density at radius 3 is 2.48 bits per heavy atom. The van der Waals surface area contributed by atoms with E-state index in [-0.39, 0.29) is 23.9 Å². The van der Waals surface area contributed by atoms with E-state index >= 15 is 0 Å². The summed E-state index contributed by atoms with van der Waals surface area (Å²) in [5, 5.41) is 0. The number of carbonyl (C=O) groups is 2. The standard InChI is InChI=1S/C19H19ClFN3O2S/c20-17-6-5-13(27-17)12-22-7-9-23(10-8-22)16-11-18(25)24(19(16)26)15-4-2-1-3-14(15)21/h1-6,16H,7-12H2. The molecule has 2 aromatic rings. The van der Waals surface area contributed by atoms with Gasteiger partial charge in [-0.1, -0.05) is 23.7 Å². The van der Waals surface area contributed by atoms with Crippen molar-refractivity contribution in [3.63, 3.8) is 0 Å². The third-order valence-corrected chi connectivity index (χ3v) is 6.29. The van der Waals surface area contributed by atoms with Gasteiger partial charge in [-0.15, -0.1) is 11.3 Å². The van der Waals surface area contributed by atoms with Crippen LogP contribution in [-0.2, 0) is 16.1 Å². The van der Waals surface area contributed by atoms with Crippen LogP contribution in [0, 0.1) is 5.82 Å². The summed E-state index contributed by atoms with van der Waals surface area (Å²) in [6, 6.07) is 9.33. The molecule has 0 radical (unpaired) electrons. The Morgan fingerprint density at radius 1 is 1.07 bits per heavy atom. The van der Waals surface area contributed by atoms with Crippen molar-refractivity contribution in [3.05, 3.63) is 51.4 Å². The van der Waals surface area contributed by atoms with Crippen molar-refractivity contribution in [1.29, 1.82) is 0 Å². The third kappa shape index (κ3) is 3.78. The maximum atomic E-state index is 14.0. The number of benzene rings is 1. The summed E-state index contributed by atoms with van der Waals surface area (Å²) in [4.78, 5) is 31.8. The first-order valence-corrected chi connectivity index (χ1v) is 10.0. The van der Waals surface area contributed by atoms with Gasteiger partial charge in [0.15, 0.2) is 0 Å². The summed E-state index contributed by atoms with van der Waals surface area (Å²) in [5.41, 5.74) is 0.0446. The number of rotatable bonds is 4. The van der Waals surface area contributed by atoms with Crippen LogP contribution in [0.15, 0.2) is 36.4 Å². The van der Waals surface area contributed by atoms with Gasteiger partial charge in [0.2, 0.25) is 5.91 Å². The van der Waals surface area contributed by atoms with Crippen molar-refractivity contribution in [3.8, 4) is 0 Å². The number of anilines is 1. The van der Waals surface area contributed by atoms with Crippen molar-refractivity contribution < 1.29 is 14.0 Å². The molecular weight excluding hydrogens is 389 g/mol. The highest BCUT2D eigenvalue weighted by Crippen LogP contribution is 2.29. The van der Waals surface area contributed by atoms with Crippen molar-refractivity contribution in [2.45, 2.75) is 19.0 Å². The zero-order valence-electron chi connectivity index (χ0n) is 14.6. The van der Waals surface area contributed by atoms with Crippen LogP contribution in [0.4, 0.5) is 10.1 Å². The molecule has 1 aromatic heterocycles. The maximum Gasteiger partial charge on any atom is 0.251 e. The highest BCUT2D eigenvalue weighted by atomic mass is 35.5. The second-order valence-electron chi connectivity index (χ2n) is 6.76. The molecule has 0 bridgehead atoms. The molecule has 1 unspecified atom stereocenters. The summed E-state index contributed by atoms with van der Waals surface area (Å²) in [5.74, 6) is -1.23. The van der Waals surface area contributed by atoms with E-state index in [4.69, 9.17) is 11.6 Å². The van der Waals surface area contributed by atoms with E-state index in [1.807, 2.05) is 17.0 Å². The van der Waals surface area contributed by atoms with E-state index in [0.29, 0.717) is 13.1 Å². The Kier molecular flexibility index (Phi) is 5.27. The molecule has 0 spiro atoms. The van der Waals surface area contributed by atoms with Gasteiger partial charge in [-0.25, -0.2) is 9.29 Å². The lowest BCUT2D eigenvalue weighted by molar-refractivity contribution is -0.123. The van der Waals surface area contributed by atoms with Crippen molar-refractivity contribution in [1.82, 2.24) is 9.80 Å². The van der Waals surface area contributed by atoms with E-state index in [1.165, 1.54) is 17.0 Å². The van der Waals surface area contributed by atoms with E-state index in [2.05, 4.69) is 4.90 Å². The number of carbonyl (C=O) groups excluding carboxylic acids is 2. The lowest BCUT2D eigenvalue weighted by Gasteiger charge is -2.36. The summed E-state index contributed by atoms with van der Waals surface area (Å²) in [6.45, 7) is 3.87. The summed E-state index contributed by atoms with van der Waals surface area (Å²) in [6.07, 6.45) is 0.105. The van der Waals surface area contributed by atoms with Gasteiger partial charge in [0.1, 0.15) is 5.82 Å². The number of thiophene rings is 1. The van der Waals surface area contributed by atoms with Gasteiger partial charge in [0.25, 0.3) is 5.91 Å². The summed E-state index contributed by atoms with van der Waals surface area (Å²) >= 11 is 7.56. The van der Waals surface area contributed by atoms with Crippen molar-refractivity contribution >= 4 is 40.4 Å². The molecule has 142 valence electrons. The van der Waals surface area contributed by atoms with Gasteiger partial charge in [-0.05, 0) is 24.3 Å². The van der Waals surface area contributed by atoms with Gasteiger partial charge in [-0.2, -0.15) is 0 Å². The molecule has 1 aromatic carbocycles. The van der Waals surface area contributed by atoms with Crippen LogP contribution in [0.25, 0.3) is 0 Å². The van der Waals surface area contributed by atoms with Crippen molar-refractivity contribution in [2.24, 2.45) is 0 Å². The molecule has 8 heteroatoms. The molecule has 2 aliphatic rings. The van der Waals surface area contributed by atoms with E-state index in [0.717, 1.165) is 28.9 Å². The predicted octanol–water partition coefficient (Wildman–Crippen LogP) is 2.99. The van der Waals surface area contributed by atoms with Crippen LogP contribution in [0.3, 0.4) is 0 Å². The first-order chi connectivity index (χ1) is 13.0.